The first-order valence-electron chi connectivity index (χ1n) is 5.84. The van der Waals surface area contributed by atoms with E-state index in [9.17, 15) is 21.6 Å². The van der Waals surface area contributed by atoms with Crippen LogP contribution in [0.25, 0.3) is 0 Å². The highest BCUT2D eigenvalue weighted by atomic mass is 32.2. The SMILES string of the molecule is CC(C)C(CCN)NS(=O)(=O)CCCC(F)(F)F. The van der Waals surface area contributed by atoms with Crippen LogP contribution in [0.2, 0.25) is 0 Å². The van der Waals surface area contributed by atoms with Crippen LogP contribution in [-0.2, 0) is 10.0 Å². The van der Waals surface area contributed by atoms with E-state index >= 15 is 0 Å². The van der Waals surface area contributed by atoms with Gasteiger partial charge in [-0.3, -0.25) is 0 Å². The molecule has 0 heterocycles. The average Bonchev–Trinajstić information content (AvgIpc) is 2.13. The molecular weight excluding hydrogens is 269 g/mol. The van der Waals surface area contributed by atoms with E-state index < -0.39 is 34.8 Å². The maximum absolute atomic E-state index is 11.9. The molecule has 0 aromatic rings. The van der Waals surface area contributed by atoms with E-state index in [2.05, 4.69) is 4.72 Å². The van der Waals surface area contributed by atoms with Crippen molar-refractivity contribution in [1.82, 2.24) is 4.72 Å². The quantitative estimate of drug-likeness (QED) is 0.713. The molecule has 0 bridgehead atoms. The van der Waals surface area contributed by atoms with Crippen molar-refractivity contribution in [3.8, 4) is 0 Å². The molecule has 0 rings (SSSR count). The lowest BCUT2D eigenvalue weighted by molar-refractivity contribution is -0.134. The van der Waals surface area contributed by atoms with Gasteiger partial charge >= 0.3 is 6.18 Å². The second-order valence-corrected chi connectivity index (χ2v) is 6.46. The lowest BCUT2D eigenvalue weighted by Gasteiger charge is -2.21. The first kappa shape index (κ1) is 17.7. The highest BCUT2D eigenvalue weighted by Gasteiger charge is 2.28. The Morgan fingerprint density at radius 2 is 1.83 bits per heavy atom. The highest BCUT2D eigenvalue weighted by Crippen LogP contribution is 2.21. The molecule has 0 aliphatic heterocycles. The van der Waals surface area contributed by atoms with Gasteiger partial charge in [0.2, 0.25) is 10.0 Å². The van der Waals surface area contributed by atoms with Crippen LogP contribution in [0.5, 0.6) is 0 Å². The first-order chi connectivity index (χ1) is 8.07. The van der Waals surface area contributed by atoms with Crippen molar-refractivity contribution in [2.45, 2.75) is 45.3 Å². The molecule has 0 saturated heterocycles. The molecule has 18 heavy (non-hydrogen) atoms. The summed E-state index contributed by atoms with van der Waals surface area (Å²) < 4.78 is 61.3. The molecule has 1 atom stereocenters. The topological polar surface area (TPSA) is 72.2 Å². The van der Waals surface area contributed by atoms with E-state index in [0.29, 0.717) is 13.0 Å². The fraction of sp³-hybridized carbons (Fsp3) is 1.00. The molecule has 0 aliphatic rings. The number of nitrogens with one attached hydrogen (secondary N) is 1. The van der Waals surface area contributed by atoms with Gasteiger partial charge in [-0.1, -0.05) is 13.8 Å². The van der Waals surface area contributed by atoms with E-state index in [4.69, 9.17) is 5.73 Å². The van der Waals surface area contributed by atoms with Crippen molar-refractivity contribution >= 4 is 10.0 Å². The van der Waals surface area contributed by atoms with Gasteiger partial charge in [-0.05, 0) is 25.3 Å². The lowest BCUT2D eigenvalue weighted by atomic mass is 10.0. The number of hydrogen-bond acceptors (Lipinski definition) is 3. The van der Waals surface area contributed by atoms with Gasteiger partial charge in [-0.15, -0.1) is 0 Å². The zero-order valence-electron chi connectivity index (χ0n) is 10.6. The van der Waals surface area contributed by atoms with Crippen molar-refractivity contribution < 1.29 is 21.6 Å². The third kappa shape index (κ3) is 8.71. The van der Waals surface area contributed by atoms with Gasteiger partial charge in [0.05, 0.1) is 5.75 Å². The smallest absolute Gasteiger partial charge is 0.330 e. The van der Waals surface area contributed by atoms with Crippen molar-refractivity contribution in [3.05, 3.63) is 0 Å². The molecule has 3 N–H and O–H groups in total. The van der Waals surface area contributed by atoms with Gasteiger partial charge in [-0.25, -0.2) is 13.1 Å². The molecule has 0 fully saturated rings. The van der Waals surface area contributed by atoms with Crippen molar-refractivity contribution in [1.29, 1.82) is 0 Å². The maximum atomic E-state index is 11.9. The van der Waals surface area contributed by atoms with Gasteiger partial charge in [-0.2, -0.15) is 13.2 Å². The average molecular weight is 290 g/mol. The fourth-order valence-corrected chi connectivity index (χ4v) is 2.95. The fourth-order valence-electron chi connectivity index (χ4n) is 1.46. The number of sulfonamides is 1. The Morgan fingerprint density at radius 3 is 2.22 bits per heavy atom. The number of alkyl halides is 3. The summed E-state index contributed by atoms with van der Waals surface area (Å²) in [5, 5.41) is 0. The van der Waals surface area contributed by atoms with Gasteiger partial charge in [0.25, 0.3) is 0 Å². The largest absolute Gasteiger partial charge is 0.389 e. The summed E-state index contributed by atoms with van der Waals surface area (Å²) in [5.74, 6) is -0.466. The zero-order chi connectivity index (χ0) is 14.4. The highest BCUT2D eigenvalue weighted by molar-refractivity contribution is 7.89. The predicted octanol–water partition coefficient (Wildman–Crippen LogP) is 1.62. The summed E-state index contributed by atoms with van der Waals surface area (Å²) in [6, 6.07) is -0.328. The molecule has 0 aromatic heterocycles. The van der Waals surface area contributed by atoms with Crippen LogP contribution in [0.4, 0.5) is 13.2 Å². The summed E-state index contributed by atoms with van der Waals surface area (Å²) in [6.07, 6.45) is -5.36. The Morgan fingerprint density at radius 1 is 1.28 bits per heavy atom. The van der Waals surface area contributed by atoms with Crippen LogP contribution < -0.4 is 10.5 Å². The molecule has 0 spiro atoms. The predicted molar refractivity (Wildman–Crippen MR) is 64.5 cm³/mol. The summed E-state index contributed by atoms with van der Waals surface area (Å²) in [4.78, 5) is 0. The van der Waals surface area contributed by atoms with Crippen LogP contribution in [0.15, 0.2) is 0 Å². The molecule has 8 heteroatoms. The number of nitrogens with two attached hydrogens (primary N) is 1. The van der Waals surface area contributed by atoms with E-state index in [0.717, 1.165) is 0 Å². The van der Waals surface area contributed by atoms with Crippen molar-refractivity contribution in [3.63, 3.8) is 0 Å². The van der Waals surface area contributed by atoms with E-state index in [1.165, 1.54) is 0 Å². The van der Waals surface area contributed by atoms with Crippen LogP contribution in [0.3, 0.4) is 0 Å². The molecule has 0 amide bonds. The minimum Gasteiger partial charge on any atom is -0.330 e. The number of rotatable bonds is 8. The van der Waals surface area contributed by atoms with E-state index in [-0.39, 0.29) is 12.0 Å². The molecule has 1 unspecified atom stereocenters. The third-order valence-electron chi connectivity index (χ3n) is 2.49. The van der Waals surface area contributed by atoms with Crippen LogP contribution in [0.1, 0.15) is 33.1 Å². The Kier molecular flexibility index (Phi) is 7.16. The normalized spacial score (nSPS) is 15.1. The Bertz CT molecular complexity index is 329. The van der Waals surface area contributed by atoms with Gasteiger partial charge in [0.1, 0.15) is 0 Å². The minimum atomic E-state index is -4.32. The Labute approximate surface area is 106 Å². The van der Waals surface area contributed by atoms with Gasteiger partial charge < -0.3 is 5.73 Å². The first-order valence-corrected chi connectivity index (χ1v) is 7.49. The molecule has 0 aromatic carbocycles. The Balaban J connectivity index is 4.28. The van der Waals surface area contributed by atoms with Crippen LogP contribution in [0, 0.1) is 5.92 Å². The zero-order valence-corrected chi connectivity index (χ0v) is 11.4. The van der Waals surface area contributed by atoms with Crippen molar-refractivity contribution in [2.75, 3.05) is 12.3 Å². The lowest BCUT2D eigenvalue weighted by Crippen LogP contribution is -2.41. The number of halogens is 3. The summed E-state index contributed by atoms with van der Waals surface area (Å²) in [7, 11) is -3.68. The van der Waals surface area contributed by atoms with Crippen LogP contribution in [-0.4, -0.2) is 32.9 Å². The summed E-state index contributed by atoms with van der Waals surface area (Å²) in [6.45, 7) is 3.99. The Hall–Kier alpha value is -0.340. The minimum absolute atomic E-state index is 0.0472. The van der Waals surface area contributed by atoms with Gasteiger partial charge in [0.15, 0.2) is 0 Å². The van der Waals surface area contributed by atoms with Gasteiger partial charge in [0, 0.05) is 12.5 Å². The molecule has 0 saturated carbocycles. The van der Waals surface area contributed by atoms with E-state index in [1.807, 2.05) is 13.8 Å². The molecule has 110 valence electrons. The standard InChI is InChI=1S/C10H21F3N2O2S/c1-8(2)9(4-6-14)15-18(16,17)7-3-5-10(11,12)13/h8-9,15H,3-7,14H2,1-2H3. The molecular formula is C10H21F3N2O2S. The maximum Gasteiger partial charge on any atom is 0.389 e. The molecule has 0 aliphatic carbocycles. The molecule has 0 radical (unpaired) electrons. The second-order valence-electron chi connectivity index (χ2n) is 4.58. The third-order valence-corrected chi connectivity index (χ3v) is 3.97. The summed E-state index contributed by atoms with van der Waals surface area (Å²) in [5.41, 5.74) is 5.36. The van der Waals surface area contributed by atoms with Crippen molar-refractivity contribution in [2.24, 2.45) is 11.7 Å². The number of hydrogen-bond donors (Lipinski definition) is 2. The van der Waals surface area contributed by atoms with E-state index in [1.54, 1.807) is 0 Å². The van der Waals surface area contributed by atoms with Crippen LogP contribution >= 0.6 is 0 Å². The summed E-state index contributed by atoms with van der Waals surface area (Å²) >= 11 is 0. The monoisotopic (exact) mass is 290 g/mol. The second kappa shape index (κ2) is 7.30. The molecule has 4 nitrogen and oxygen atoms in total.